The second-order valence-corrected chi connectivity index (χ2v) is 4.55. The molecule has 1 aromatic heterocycles. The second kappa shape index (κ2) is 2.72. The van der Waals surface area contributed by atoms with E-state index in [1.165, 1.54) is 12.1 Å². The molecule has 0 bridgehead atoms. The zero-order valence-electron chi connectivity index (χ0n) is 8.52. The molecule has 4 nitrogen and oxygen atoms in total. The quantitative estimate of drug-likeness (QED) is 0.643. The summed E-state index contributed by atoms with van der Waals surface area (Å²) in [5.74, 6) is 1.10. The fourth-order valence-corrected chi connectivity index (χ4v) is 1.47. The number of nitrogens with zero attached hydrogens (tertiary/aromatic N) is 2. The lowest BCUT2D eigenvalue weighted by atomic mass is 10.1. The van der Waals surface area contributed by atoms with Gasteiger partial charge in [0.15, 0.2) is 0 Å². The fourth-order valence-electron chi connectivity index (χ4n) is 1.47. The lowest BCUT2D eigenvalue weighted by molar-refractivity contribution is -0.496. The van der Waals surface area contributed by atoms with Gasteiger partial charge >= 0.3 is 0 Å². The molecule has 0 radical (unpaired) electrons. The number of aromatic nitrogens is 3. The van der Waals surface area contributed by atoms with Crippen LogP contribution >= 0.6 is 0 Å². The Balaban J connectivity index is 2.36. The highest BCUT2D eigenvalue weighted by molar-refractivity contribution is 5.35. The van der Waals surface area contributed by atoms with Gasteiger partial charge in [0, 0.05) is 6.42 Å². The Kier molecular flexibility index (Phi) is 1.78. The van der Waals surface area contributed by atoms with Crippen LogP contribution in [0.4, 0.5) is 5.82 Å². The zero-order chi connectivity index (χ0) is 9.47. The normalized spacial score (nSPS) is 16.5. The van der Waals surface area contributed by atoms with Crippen molar-refractivity contribution >= 4 is 5.82 Å². The van der Waals surface area contributed by atoms with Crippen LogP contribution in [-0.4, -0.2) is 16.4 Å². The Morgan fingerprint density at radius 3 is 2.85 bits per heavy atom. The molecule has 0 aromatic carbocycles. The Bertz CT molecular complexity index is 284. The van der Waals surface area contributed by atoms with Crippen molar-refractivity contribution in [1.29, 1.82) is 0 Å². The molecule has 1 aliphatic heterocycles. The van der Waals surface area contributed by atoms with E-state index in [2.05, 4.69) is 36.3 Å². The first-order valence-corrected chi connectivity index (χ1v) is 4.83. The van der Waals surface area contributed by atoms with Gasteiger partial charge in [0.2, 0.25) is 5.69 Å². The van der Waals surface area contributed by atoms with Crippen molar-refractivity contribution in [1.82, 2.24) is 9.90 Å². The first kappa shape index (κ1) is 8.53. The van der Waals surface area contributed by atoms with Gasteiger partial charge in [-0.15, -0.1) is 0 Å². The van der Waals surface area contributed by atoms with Crippen LogP contribution in [0.15, 0.2) is 0 Å². The molecular weight excluding hydrogens is 164 g/mol. The maximum absolute atomic E-state index is 4.52. The molecule has 2 heterocycles. The third kappa shape index (κ3) is 1.53. The number of hydrogen-bond acceptors (Lipinski definition) is 2. The third-order valence-corrected chi connectivity index (χ3v) is 2.25. The molecule has 72 valence electrons. The van der Waals surface area contributed by atoms with E-state index in [1.54, 1.807) is 0 Å². The number of aromatic amines is 1. The van der Waals surface area contributed by atoms with Crippen molar-refractivity contribution in [2.24, 2.45) is 0 Å². The standard InChI is InChI=1S/C9H16N4/c1-9(2,3)13-11-7-5-4-6-10-8(7)12-13/h4-6H2,1-3H3,(H,10,12)/p+1. The number of rotatable bonds is 0. The summed E-state index contributed by atoms with van der Waals surface area (Å²) >= 11 is 0. The average Bonchev–Trinajstić information content (AvgIpc) is 2.45. The number of nitrogens with one attached hydrogen (secondary N) is 2. The molecular formula is C9H17N4+. The van der Waals surface area contributed by atoms with Gasteiger partial charge in [0.25, 0.3) is 5.82 Å². The van der Waals surface area contributed by atoms with Crippen LogP contribution in [0.5, 0.6) is 0 Å². The van der Waals surface area contributed by atoms with Crippen molar-refractivity contribution in [3.63, 3.8) is 0 Å². The lowest BCUT2D eigenvalue weighted by Crippen LogP contribution is -2.35. The summed E-state index contributed by atoms with van der Waals surface area (Å²) in [7, 11) is 0. The van der Waals surface area contributed by atoms with Crippen molar-refractivity contribution < 1.29 is 5.10 Å². The zero-order valence-corrected chi connectivity index (χ0v) is 8.52. The molecule has 2 rings (SSSR count). The summed E-state index contributed by atoms with van der Waals surface area (Å²) in [5, 5.41) is 11.1. The minimum absolute atomic E-state index is 0.0407. The van der Waals surface area contributed by atoms with Gasteiger partial charge in [-0.25, -0.2) is 0 Å². The van der Waals surface area contributed by atoms with E-state index >= 15 is 0 Å². The molecule has 1 aromatic rings. The molecule has 0 spiro atoms. The van der Waals surface area contributed by atoms with Gasteiger partial charge in [-0.1, -0.05) is 4.80 Å². The molecule has 0 unspecified atom stereocenters. The van der Waals surface area contributed by atoms with E-state index in [9.17, 15) is 0 Å². The van der Waals surface area contributed by atoms with Crippen LogP contribution in [0.25, 0.3) is 0 Å². The largest absolute Gasteiger partial charge is 0.302 e. The lowest BCUT2D eigenvalue weighted by Gasteiger charge is -2.12. The monoisotopic (exact) mass is 181 g/mol. The average molecular weight is 181 g/mol. The maximum Gasteiger partial charge on any atom is 0.277 e. The molecule has 13 heavy (non-hydrogen) atoms. The Labute approximate surface area is 78.3 Å². The van der Waals surface area contributed by atoms with Gasteiger partial charge in [0.05, 0.1) is 12.1 Å². The van der Waals surface area contributed by atoms with Crippen LogP contribution < -0.4 is 10.4 Å². The molecule has 4 heteroatoms. The van der Waals surface area contributed by atoms with E-state index in [0.717, 1.165) is 18.8 Å². The highest BCUT2D eigenvalue weighted by Crippen LogP contribution is 2.16. The number of H-pyrrole nitrogens is 1. The maximum atomic E-state index is 4.52. The number of aryl methyl sites for hydroxylation is 1. The predicted molar refractivity (Wildman–Crippen MR) is 50.6 cm³/mol. The Hall–Kier alpha value is -1.06. The summed E-state index contributed by atoms with van der Waals surface area (Å²) in [6, 6.07) is 0. The van der Waals surface area contributed by atoms with Gasteiger partial charge in [-0.05, 0) is 32.3 Å². The van der Waals surface area contributed by atoms with Crippen molar-refractivity contribution in [2.45, 2.75) is 39.2 Å². The van der Waals surface area contributed by atoms with E-state index in [-0.39, 0.29) is 5.54 Å². The molecule has 0 amide bonds. The van der Waals surface area contributed by atoms with E-state index in [0.29, 0.717) is 0 Å². The van der Waals surface area contributed by atoms with Crippen molar-refractivity contribution in [3.05, 3.63) is 5.69 Å². The van der Waals surface area contributed by atoms with E-state index in [1.807, 2.05) is 4.80 Å². The Morgan fingerprint density at radius 2 is 2.23 bits per heavy atom. The molecule has 0 fully saturated rings. The van der Waals surface area contributed by atoms with Gasteiger partial charge in [-0.3, -0.25) is 0 Å². The molecule has 0 saturated heterocycles. The van der Waals surface area contributed by atoms with Crippen molar-refractivity contribution in [3.8, 4) is 0 Å². The molecule has 0 aliphatic carbocycles. The van der Waals surface area contributed by atoms with Crippen LogP contribution in [0, 0.1) is 0 Å². The molecule has 0 atom stereocenters. The Morgan fingerprint density at radius 1 is 1.46 bits per heavy atom. The number of fused-ring (bicyclic) bond motifs is 1. The summed E-state index contributed by atoms with van der Waals surface area (Å²) in [6.45, 7) is 7.48. The molecule has 0 saturated carbocycles. The number of anilines is 1. The summed E-state index contributed by atoms with van der Waals surface area (Å²) in [4.78, 5) is 1.93. The topological polar surface area (TPSA) is 44.0 Å². The fraction of sp³-hybridized carbons (Fsp3) is 0.778. The van der Waals surface area contributed by atoms with Gasteiger partial charge in [0.1, 0.15) is 0 Å². The van der Waals surface area contributed by atoms with Gasteiger partial charge < -0.3 is 5.32 Å². The van der Waals surface area contributed by atoms with Crippen molar-refractivity contribution in [2.75, 3.05) is 11.9 Å². The first-order valence-electron chi connectivity index (χ1n) is 4.83. The molecule has 1 aliphatic rings. The SMILES string of the molecule is CC(C)(C)n1nc2c([nH+]1)NCCC2. The minimum atomic E-state index is 0.0407. The summed E-state index contributed by atoms with van der Waals surface area (Å²) in [6.07, 6.45) is 2.27. The van der Waals surface area contributed by atoms with Crippen LogP contribution in [0.2, 0.25) is 0 Å². The minimum Gasteiger partial charge on any atom is -0.302 e. The van der Waals surface area contributed by atoms with E-state index in [4.69, 9.17) is 0 Å². The third-order valence-electron chi connectivity index (χ3n) is 2.25. The molecule has 2 N–H and O–H groups in total. The van der Waals surface area contributed by atoms with Gasteiger partial charge in [-0.2, -0.15) is 5.10 Å². The van der Waals surface area contributed by atoms with Crippen LogP contribution in [-0.2, 0) is 12.0 Å². The second-order valence-electron chi connectivity index (χ2n) is 4.55. The highest BCUT2D eigenvalue weighted by Gasteiger charge is 2.26. The van der Waals surface area contributed by atoms with Crippen LogP contribution in [0.3, 0.4) is 0 Å². The highest BCUT2D eigenvalue weighted by atomic mass is 15.5. The smallest absolute Gasteiger partial charge is 0.277 e. The summed E-state index contributed by atoms with van der Waals surface area (Å²) in [5.41, 5.74) is 1.21. The van der Waals surface area contributed by atoms with E-state index < -0.39 is 0 Å². The summed E-state index contributed by atoms with van der Waals surface area (Å²) < 4.78 is 0. The van der Waals surface area contributed by atoms with Crippen LogP contribution in [0.1, 0.15) is 32.9 Å². The number of hydrogen-bond donors (Lipinski definition) is 1. The predicted octanol–water partition coefficient (Wildman–Crippen LogP) is 0.810. The first-order chi connectivity index (χ1) is 6.07.